The molecule has 4 nitrogen and oxygen atoms in total. The van der Waals surface area contributed by atoms with Gasteiger partial charge in [-0.1, -0.05) is 5.16 Å². The Morgan fingerprint density at radius 2 is 1.90 bits per heavy atom. The first-order chi connectivity index (χ1) is 4.72. The minimum Gasteiger partial charge on any atom is -0.411 e. The quantitative estimate of drug-likeness (QED) is 0.339. The molecule has 0 unspecified atom stereocenters. The fourth-order valence-electron chi connectivity index (χ4n) is 0.404. The smallest absolute Gasteiger partial charge is 0.0971 e. The summed E-state index contributed by atoms with van der Waals surface area (Å²) >= 11 is 0. The second kappa shape index (κ2) is 4.93. The maximum atomic E-state index is 8.36. The Morgan fingerprint density at radius 3 is 2.30 bits per heavy atom. The molecule has 0 amide bonds. The molecule has 0 aliphatic rings. The van der Waals surface area contributed by atoms with Gasteiger partial charge >= 0.3 is 0 Å². The Balaban J connectivity index is 3.93. The van der Waals surface area contributed by atoms with Gasteiger partial charge in [-0.3, -0.25) is 4.99 Å². The molecule has 58 valence electrons. The van der Waals surface area contributed by atoms with Crippen LogP contribution in [-0.2, 0) is 0 Å². The summed E-state index contributed by atoms with van der Waals surface area (Å²) in [4.78, 5) is 3.89. The third-order valence-electron chi connectivity index (χ3n) is 1.12. The van der Waals surface area contributed by atoms with Crippen LogP contribution in [0.5, 0.6) is 0 Å². The van der Waals surface area contributed by atoms with Crippen molar-refractivity contribution >= 4 is 11.4 Å². The molecule has 0 rings (SSSR count). The van der Waals surface area contributed by atoms with Crippen LogP contribution in [0.15, 0.2) is 10.1 Å². The lowest BCUT2D eigenvalue weighted by Crippen LogP contribution is -2.07. The maximum Gasteiger partial charge on any atom is 0.0971 e. The van der Waals surface area contributed by atoms with E-state index in [-0.39, 0.29) is 6.61 Å². The second-order valence-corrected chi connectivity index (χ2v) is 1.88. The Morgan fingerprint density at radius 1 is 1.30 bits per heavy atom. The average molecular weight is 144 g/mol. The molecule has 10 heavy (non-hydrogen) atoms. The van der Waals surface area contributed by atoms with E-state index < -0.39 is 0 Å². The SMILES string of the molecule is CC(=N\O)/C(C)=N/CCO. The molecule has 0 aromatic rings. The molecule has 0 atom stereocenters. The largest absolute Gasteiger partial charge is 0.411 e. The van der Waals surface area contributed by atoms with Crippen LogP contribution in [0.2, 0.25) is 0 Å². The van der Waals surface area contributed by atoms with Gasteiger partial charge in [-0.2, -0.15) is 0 Å². The summed E-state index contributed by atoms with van der Waals surface area (Å²) in [6.45, 7) is 3.76. The van der Waals surface area contributed by atoms with E-state index in [1.165, 1.54) is 0 Å². The van der Waals surface area contributed by atoms with E-state index in [2.05, 4.69) is 10.1 Å². The molecule has 0 aliphatic heterocycles. The number of hydrogen-bond donors (Lipinski definition) is 2. The van der Waals surface area contributed by atoms with Crippen molar-refractivity contribution in [1.29, 1.82) is 0 Å². The van der Waals surface area contributed by atoms with Crippen molar-refractivity contribution in [3.05, 3.63) is 0 Å². The highest BCUT2D eigenvalue weighted by atomic mass is 16.4. The number of aliphatic hydroxyl groups is 1. The van der Waals surface area contributed by atoms with E-state index >= 15 is 0 Å². The van der Waals surface area contributed by atoms with Crippen molar-refractivity contribution in [3.63, 3.8) is 0 Å². The van der Waals surface area contributed by atoms with E-state index in [0.717, 1.165) is 0 Å². The number of oxime groups is 1. The van der Waals surface area contributed by atoms with Crippen molar-refractivity contribution < 1.29 is 10.3 Å². The lowest BCUT2D eigenvalue weighted by Gasteiger charge is -1.94. The summed E-state index contributed by atoms with van der Waals surface area (Å²) in [5, 5.41) is 19.6. The van der Waals surface area contributed by atoms with Crippen LogP contribution >= 0.6 is 0 Å². The zero-order valence-corrected chi connectivity index (χ0v) is 6.20. The number of nitrogens with zero attached hydrogens (tertiary/aromatic N) is 2. The highest BCUT2D eigenvalue weighted by Crippen LogP contribution is 1.82. The zero-order valence-electron chi connectivity index (χ0n) is 6.20. The summed E-state index contributed by atoms with van der Waals surface area (Å²) in [6, 6.07) is 0. The number of aliphatic hydroxyl groups excluding tert-OH is 1. The van der Waals surface area contributed by atoms with Crippen molar-refractivity contribution in [1.82, 2.24) is 0 Å². The van der Waals surface area contributed by atoms with E-state index in [9.17, 15) is 0 Å². The van der Waals surface area contributed by atoms with Gasteiger partial charge in [-0.15, -0.1) is 0 Å². The van der Waals surface area contributed by atoms with Gasteiger partial charge in [0, 0.05) is 0 Å². The van der Waals surface area contributed by atoms with Gasteiger partial charge in [0.25, 0.3) is 0 Å². The lowest BCUT2D eigenvalue weighted by molar-refractivity contribution is 0.306. The number of aliphatic imine (C=N–C) groups is 1. The van der Waals surface area contributed by atoms with Gasteiger partial charge in [0.05, 0.1) is 24.6 Å². The summed E-state index contributed by atoms with van der Waals surface area (Å²) in [5.41, 5.74) is 1.13. The Hall–Kier alpha value is -0.900. The van der Waals surface area contributed by atoms with Crippen LogP contribution < -0.4 is 0 Å². The fourth-order valence-corrected chi connectivity index (χ4v) is 0.404. The van der Waals surface area contributed by atoms with Crippen molar-refractivity contribution in [2.75, 3.05) is 13.2 Å². The minimum absolute atomic E-state index is 0.0239. The summed E-state index contributed by atoms with van der Waals surface area (Å²) in [7, 11) is 0. The Kier molecular flexibility index (Phi) is 4.49. The molecule has 0 aliphatic carbocycles. The molecule has 4 heteroatoms. The molecule has 0 radical (unpaired) electrons. The minimum atomic E-state index is 0.0239. The first-order valence-electron chi connectivity index (χ1n) is 3.03. The summed E-state index contributed by atoms with van der Waals surface area (Å²) in [6.07, 6.45) is 0. The van der Waals surface area contributed by atoms with E-state index in [4.69, 9.17) is 10.3 Å². The highest BCUT2D eigenvalue weighted by molar-refractivity contribution is 6.40. The van der Waals surface area contributed by atoms with Gasteiger partial charge in [0.2, 0.25) is 0 Å². The van der Waals surface area contributed by atoms with Gasteiger partial charge < -0.3 is 10.3 Å². The molecule has 0 saturated heterocycles. The third-order valence-corrected chi connectivity index (χ3v) is 1.12. The van der Waals surface area contributed by atoms with E-state index in [0.29, 0.717) is 18.0 Å². The standard InChI is InChI=1S/C6H12N2O2/c1-5(6(2)8-10)7-3-4-9/h9-10H,3-4H2,1-2H3/b7-5+,8-6+. The first kappa shape index (κ1) is 9.10. The first-order valence-corrected chi connectivity index (χ1v) is 3.03. The average Bonchev–Trinajstić information content (AvgIpc) is 1.98. The molecule has 0 aromatic heterocycles. The third kappa shape index (κ3) is 3.19. The maximum absolute atomic E-state index is 8.36. The Labute approximate surface area is 59.9 Å². The number of hydrogen-bond acceptors (Lipinski definition) is 4. The molecule has 2 N–H and O–H groups in total. The predicted octanol–water partition coefficient (Wildman–Crippen LogP) is 0.290. The second-order valence-electron chi connectivity index (χ2n) is 1.88. The Bertz CT molecular complexity index is 152. The molecule has 0 aromatic carbocycles. The van der Waals surface area contributed by atoms with Crippen LogP contribution in [-0.4, -0.2) is 34.9 Å². The normalized spacial score (nSPS) is 13.9. The van der Waals surface area contributed by atoms with Gasteiger partial charge in [0.15, 0.2) is 0 Å². The van der Waals surface area contributed by atoms with Gasteiger partial charge in [-0.25, -0.2) is 0 Å². The fraction of sp³-hybridized carbons (Fsp3) is 0.667. The number of rotatable bonds is 3. The molecule has 0 bridgehead atoms. The van der Waals surface area contributed by atoms with Crippen LogP contribution in [0.25, 0.3) is 0 Å². The lowest BCUT2D eigenvalue weighted by atomic mass is 10.3. The summed E-state index contributed by atoms with van der Waals surface area (Å²) < 4.78 is 0. The molecule has 0 heterocycles. The topological polar surface area (TPSA) is 65.2 Å². The van der Waals surface area contributed by atoms with Gasteiger partial charge in [0.1, 0.15) is 0 Å². The van der Waals surface area contributed by atoms with Crippen LogP contribution in [0, 0.1) is 0 Å². The van der Waals surface area contributed by atoms with Crippen molar-refractivity contribution in [3.8, 4) is 0 Å². The highest BCUT2D eigenvalue weighted by Gasteiger charge is 1.93. The van der Waals surface area contributed by atoms with Gasteiger partial charge in [-0.05, 0) is 13.8 Å². The molecule has 0 saturated carbocycles. The molecular weight excluding hydrogens is 132 g/mol. The van der Waals surface area contributed by atoms with Crippen LogP contribution in [0.4, 0.5) is 0 Å². The molecule has 0 spiro atoms. The van der Waals surface area contributed by atoms with Crippen molar-refractivity contribution in [2.24, 2.45) is 10.1 Å². The summed E-state index contributed by atoms with van der Waals surface area (Å²) in [5.74, 6) is 0. The van der Waals surface area contributed by atoms with E-state index in [1.54, 1.807) is 13.8 Å². The molecule has 0 fully saturated rings. The van der Waals surface area contributed by atoms with E-state index in [1.807, 2.05) is 0 Å². The zero-order chi connectivity index (χ0) is 7.98. The molecular formula is C6H12N2O2. The van der Waals surface area contributed by atoms with Crippen LogP contribution in [0.1, 0.15) is 13.8 Å². The predicted molar refractivity (Wildman–Crippen MR) is 40.0 cm³/mol. The van der Waals surface area contributed by atoms with Crippen molar-refractivity contribution in [2.45, 2.75) is 13.8 Å². The van der Waals surface area contributed by atoms with Crippen LogP contribution in [0.3, 0.4) is 0 Å². The monoisotopic (exact) mass is 144 g/mol.